The van der Waals surface area contributed by atoms with Gasteiger partial charge < -0.3 is 9.64 Å². The first-order valence-electron chi connectivity index (χ1n) is 7.10. The quantitative estimate of drug-likeness (QED) is 0.817. The van der Waals surface area contributed by atoms with Gasteiger partial charge in [0.2, 0.25) is 0 Å². The second kappa shape index (κ2) is 4.84. The molecule has 1 aromatic heterocycles. The number of benzene rings is 1. The van der Waals surface area contributed by atoms with E-state index < -0.39 is 5.82 Å². The molecule has 2 fully saturated rings. The van der Waals surface area contributed by atoms with Crippen molar-refractivity contribution in [2.45, 2.75) is 25.4 Å². The Labute approximate surface area is 125 Å². The number of carbonyl (C=O) groups excluding carboxylic acids is 1. The van der Waals surface area contributed by atoms with Crippen LogP contribution in [0, 0.1) is 12.7 Å². The molecular weight excluding hydrogens is 289 g/mol. The third-order valence-electron chi connectivity index (χ3n) is 4.24. The molecule has 0 aliphatic carbocycles. The summed E-state index contributed by atoms with van der Waals surface area (Å²) in [6, 6.07) is 4.57. The molecule has 2 atom stereocenters. The molecule has 0 saturated carbocycles. The van der Waals surface area contributed by atoms with E-state index in [4.69, 9.17) is 4.74 Å². The van der Waals surface area contributed by atoms with Crippen molar-refractivity contribution in [1.29, 1.82) is 0 Å². The number of nitrogens with zero attached hydrogens (tertiary/aromatic N) is 5. The van der Waals surface area contributed by atoms with Gasteiger partial charge in [-0.1, -0.05) is 0 Å². The van der Waals surface area contributed by atoms with Crippen LogP contribution >= 0.6 is 0 Å². The molecular formula is C14H14FN5O2. The van der Waals surface area contributed by atoms with Gasteiger partial charge in [-0.25, -0.2) is 4.39 Å². The monoisotopic (exact) mass is 303 g/mol. The molecule has 2 saturated heterocycles. The highest BCUT2D eigenvalue weighted by Crippen LogP contribution is 2.32. The molecule has 0 N–H and O–H groups in total. The van der Waals surface area contributed by atoms with Crippen molar-refractivity contribution in [3.8, 4) is 5.69 Å². The van der Waals surface area contributed by atoms with Gasteiger partial charge in [-0.15, -0.1) is 5.10 Å². The minimum atomic E-state index is -0.566. The first-order chi connectivity index (χ1) is 10.6. The van der Waals surface area contributed by atoms with E-state index >= 15 is 0 Å². The summed E-state index contributed by atoms with van der Waals surface area (Å²) in [7, 11) is 0. The molecule has 114 valence electrons. The maximum absolute atomic E-state index is 14.4. The summed E-state index contributed by atoms with van der Waals surface area (Å²) in [5.74, 6) is -0.293. The SMILES string of the molecule is Cc1nnnn1-c1ccc(C(=O)N2C3COCC2C3)c(F)c1. The van der Waals surface area contributed by atoms with Crippen molar-refractivity contribution in [3.05, 3.63) is 35.4 Å². The van der Waals surface area contributed by atoms with Gasteiger partial charge in [0.05, 0.1) is 36.5 Å². The highest BCUT2D eigenvalue weighted by molar-refractivity contribution is 5.95. The lowest BCUT2D eigenvalue weighted by Crippen LogP contribution is -2.65. The number of amides is 1. The van der Waals surface area contributed by atoms with E-state index in [1.165, 1.54) is 16.8 Å². The standard InChI is InChI=1S/C14H14FN5O2/c1-8-16-17-18-20(8)9-2-3-12(13(15)5-9)14(21)19-10-4-11(19)7-22-6-10/h2-3,5,10-11H,4,6-7H2,1H3. The Morgan fingerprint density at radius 1 is 1.36 bits per heavy atom. The van der Waals surface area contributed by atoms with Crippen LogP contribution in [0.5, 0.6) is 0 Å². The average molecular weight is 303 g/mol. The largest absolute Gasteiger partial charge is 0.377 e. The Hall–Kier alpha value is -2.35. The molecule has 0 spiro atoms. The second-order valence-electron chi connectivity index (χ2n) is 5.60. The van der Waals surface area contributed by atoms with E-state index in [0.29, 0.717) is 24.7 Å². The van der Waals surface area contributed by atoms with Gasteiger partial charge in [-0.3, -0.25) is 4.79 Å². The lowest BCUT2D eigenvalue weighted by atomic mass is 9.90. The third kappa shape index (κ3) is 1.91. The number of rotatable bonds is 2. The van der Waals surface area contributed by atoms with Crippen LogP contribution in [-0.2, 0) is 4.74 Å². The molecule has 2 unspecified atom stereocenters. The van der Waals surface area contributed by atoms with E-state index in [9.17, 15) is 9.18 Å². The summed E-state index contributed by atoms with van der Waals surface area (Å²) in [4.78, 5) is 14.2. The summed E-state index contributed by atoms with van der Waals surface area (Å²) in [5, 5.41) is 11.1. The fourth-order valence-electron chi connectivity index (χ4n) is 3.09. The van der Waals surface area contributed by atoms with Gasteiger partial charge in [0.25, 0.3) is 5.91 Å². The van der Waals surface area contributed by atoms with Crippen LogP contribution in [-0.4, -0.2) is 56.3 Å². The van der Waals surface area contributed by atoms with Crippen LogP contribution < -0.4 is 0 Å². The van der Waals surface area contributed by atoms with Crippen LogP contribution in [0.2, 0.25) is 0 Å². The summed E-state index contributed by atoms with van der Waals surface area (Å²) in [6.07, 6.45) is 0.940. The molecule has 8 heteroatoms. The van der Waals surface area contributed by atoms with Crippen molar-refractivity contribution in [2.75, 3.05) is 13.2 Å². The number of hydrogen-bond acceptors (Lipinski definition) is 5. The van der Waals surface area contributed by atoms with E-state index in [2.05, 4.69) is 15.5 Å². The van der Waals surface area contributed by atoms with Gasteiger partial charge in [0.15, 0.2) is 5.82 Å². The Morgan fingerprint density at radius 3 is 2.73 bits per heavy atom. The topological polar surface area (TPSA) is 73.1 Å². The normalized spacial score (nSPS) is 23.3. The molecule has 2 aliphatic rings. The summed E-state index contributed by atoms with van der Waals surface area (Å²) in [6.45, 7) is 2.79. The molecule has 0 radical (unpaired) electrons. The fraction of sp³-hybridized carbons (Fsp3) is 0.429. The van der Waals surface area contributed by atoms with Gasteiger partial charge in [-0.05, 0) is 35.9 Å². The second-order valence-corrected chi connectivity index (χ2v) is 5.60. The molecule has 1 aromatic carbocycles. The zero-order valence-electron chi connectivity index (χ0n) is 11.9. The minimum absolute atomic E-state index is 0.0751. The summed E-state index contributed by atoms with van der Waals surface area (Å²) >= 11 is 0. The minimum Gasteiger partial charge on any atom is -0.377 e. The summed E-state index contributed by atoms with van der Waals surface area (Å²) < 4.78 is 21.1. The highest BCUT2D eigenvalue weighted by atomic mass is 19.1. The van der Waals surface area contributed by atoms with Crippen molar-refractivity contribution < 1.29 is 13.9 Å². The zero-order chi connectivity index (χ0) is 15.3. The maximum Gasteiger partial charge on any atom is 0.257 e. The lowest BCUT2D eigenvalue weighted by Gasteiger charge is -2.52. The number of halogens is 1. The number of fused-ring (bicyclic) bond motifs is 2. The van der Waals surface area contributed by atoms with E-state index in [1.54, 1.807) is 17.9 Å². The van der Waals surface area contributed by atoms with E-state index in [0.717, 1.165) is 6.42 Å². The van der Waals surface area contributed by atoms with Crippen LogP contribution in [0.3, 0.4) is 0 Å². The van der Waals surface area contributed by atoms with Gasteiger partial charge in [-0.2, -0.15) is 4.68 Å². The smallest absolute Gasteiger partial charge is 0.257 e. The van der Waals surface area contributed by atoms with E-state index in [-0.39, 0.29) is 23.6 Å². The maximum atomic E-state index is 14.4. The van der Waals surface area contributed by atoms with Crippen molar-refractivity contribution in [3.63, 3.8) is 0 Å². The van der Waals surface area contributed by atoms with Crippen molar-refractivity contribution >= 4 is 5.91 Å². The van der Waals surface area contributed by atoms with Crippen LogP contribution in [0.15, 0.2) is 18.2 Å². The molecule has 4 rings (SSSR count). The van der Waals surface area contributed by atoms with Crippen LogP contribution in [0.4, 0.5) is 4.39 Å². The van der Waals surface area contributed by atoms with Crippen molar-refractivity contribution in [2.24, 2.45) is 0 Å². The molecule has 1 amide bonds. The Bertz CT molecular complexity index is 733. The zero-order valence-corrected chi connectivity index (χ0v) is 11.9. The predicted molar refractivity (Wildman–Crippen MR) is 73.0 cm³/mol. The van der Waals surface area contributed by atoms with Gasteiger partial charge in [0.1, 0.15) is 5.82 Å². The van der Waals surface area contributed by atoms with Crippen molar-refractivity contribution in [1.82, 2.24) is 25.1 Å². The first-order valence-corrected chi connectivity index (χ1v) is 7.10. The number of morpholine rings is 1. The van der Waals surface area contributed by atoms with Gasteiger partial charge >= 0.3 is 0 Å². The molecule has 3 heterocycles. The number of ether oxygens (including phenoxy) is 1. The molecule has 2 aliphatic heterocycles. The molecule has 22 heavy (non-hydrogen) atoms. The molecule has 2 bridgehead atoms. The average Bonchev–Trinajstić information content (AvgIpc) is 2.93. The number of aryl methyl sites for hydroxylation is 1. The predicted octanol–water partition coefficient (Wildman–Crippen LogP) is 0.723. The first kappa shape index (κ1) is 13.3. The number of carbonyl (C=O) groups is 1. The lowest BCUT2D eigenvalue weighted by molar-refractivity contribution is -0.104. The number of tetrazole rings is 1. The Morgan fingerprint density at radius 2 is 2.14 bits per heavy atom. The fourth-order valence-corrected chi connectivity index (χ4v) is 3.09. The van der Waals surface area contributed by atoms with E-state index in [1.807, 2.05) is 0 Å². The molecule has 7 nitrogen and oxygen atoms in total. The third-order valence-corrected chi connectivity index (χ3v) is 4.24. The Kier molecular flexibility index (Phi) is 2.93. The Balaban J connectivity index is 1.63. The number of hydrogen-bond donors (Lipinski definition) is 0. The highest BCUT2D eigenvalue weighted by Gasteiger charge is 2.45. The summed E-state index contributed by atoms with van der Waals surface area (Å²) in [5.41, 5.74) is 0.565. The van der Waals surface area contributed by atoms with Crippen LogP contribution in [0.25, 0.3) is 5.69 Å². The molecule has 2 aromatic rings. The van der Waals surface area contributed by atoms with Gasteiger partial charge in [0, 0.05) is 6.07 Å². The number of aromatic nitrogens is 4. The van der Waals surface area contributed by atoms with Crippen LogP contribution in [0.1, 0.15) is 22.6 Å².